The first-order valence-electron chi connectivity index (χ1n) is 10.7. The maximum Gasteiger partial charge on any atom is 0.233 e. The first-order valence-corrected chi connectivity index (χ1v) is 10.7. The molecule has 0 spiro atoms. The van der Waals surface area contributed by atoms with Crippen LogP contribution in [-0.4, -0.2) is 16.6 Å². The van der Waals surface area contributed by atoms with Gasteiger partial charge in [0, 0.05) is 16.5 Å². The van der Waals surface area contributed by atoms with Gasteiger partial charge in [0.05, 0.1) is 29.8 Å². The van der Waals surface area contributed by atoms with Gasteiger partial charge in [0.15, 0.2) is 0 Å². The number of nitrogens with zero attached hydrogens (tertiary/aromatic N) is 3. The summed E-state index contributed by atoms with van der Waals surface area (Å²) in [5, 5.41) is 13.4. The van der Waals surface area contributed by atoms with Crippen LogP contribution in [0.15, 0.2) is 65.3 Å². The van der Waals surface area contributed by atoms with Crippen LogP contribution >= 0.6 is 0 Å². The van der Waals surface area contributed by atoms with E-state index in [-0.39, 0.29) is 0 Å². The summed E-state index contributed by atoms with van der Waals surface area (Å²) in [5.41, 5.74) is 6.02. The van der Waals surface area contributed by atoms with Gasteiger partial charge in [0.2, 0.25) is 5.88 Å². The number of aromatic nitrogens is 2. The monoisotopic (exact) mass is 417 g/mol. The second kappa shape index (κ2) is 7.21. The standard InChI is InChI=1S/C27H19N3O2/c1-2-31-27-21(15-28)25(24-8-5-13-32-24)18-10-12-23-20(26(18)30-27)14-19-17-7-4-3-6-16(17)9-11-22(19)29-23/h3-9,11,13-14H,2,10,12H2,1H3. The van der Waals surface area contributed by atoms with Crippen molar-refractivity contribution in [3.8, 4) is 34.5 Å². The maximum atomic E-state index is 9.96. The summed E-state index contributed by atoms with van der Waals surface area (Å²) in [4.78, 5) is 9.85. The van der Waals surface area contributed by atoms with Crippen LogP contribution in [0.5, 0.6) is 5.88 Å². The highest BCUT2D eigenvalue weighted by atomic mass is 16.5. The minimum Gasteiger partial charge on any atom is -0.477 e. The van der Waals surface area contributed by atoms with Crippen molar-refractivity contribution in [1.29, 1.82) is 5.26 Å². The molecule has 0 aliphatic heterocycles. The van der Waals surface area contributed by atoms with Crippen molar-refractivity contribution in [2.45, 2.75) is 19.8 Å². The zero-order valence-corrected chi connectivity index (χ0v) is 17.6. The number of hydrogen-bond acceptors (Lipinski definition) is 5. The van der Waals surface area contributed by atoms with Gasteiger partial charge in [-0.2, -0.15) is 5.26 Å². The Balaban J connectivity index is 1.70. The molecule has 0 bridgehead atoms. The van der Waals surface area contributed by atoms with Crippen LogP contribution in [0.25, 0.3) is 44.3 Å². The first-order chi connectivity index (χ1) is 15.8. The van der Waals surface area contributed by atoms with E-state index in [1.54, 1.807) is 6.26 Å². The Morgan fingerprint density at radius 3 is 2.75 bits per heavy atom. The lowest BCUT2D eigenvalue weighted by atomic mass is 9.86. The molecule has 3 heterocycles. The van der Waals surface area contributed by atoms with Crippen LogP contribution in [0.1, 0.15) is 23.7 Å². The molecule has 0 atom stereocenters. The fourth-order valence-electron chi connectivity index (χ4n) is 4.71. The molecule has 3 aromatic heterocycles. The van der Waals surface area contributed by atoms with Gasteiger partial charge in [-0.1, -0.05) is 30.3 Å². The van der Waals surface area contributed by atoms with Crippen molar-refractivity contribution in [3.63, 3.8) is 0 Å². The Morgan fingerprint density at radius 1 is 1.03 bits per heavy atom. The summed E-state index contributed by atoms with van der Waals surface area (Å²) in [6.45, 7) is 2.32. The Kier molecular flexibility index (Phi) is 4.19. The Labute approximate surface area is 184 Å². The number of nitriles is 1. The van der Waals surface area contributed by atoms with Gasteiger partial charge in [-0.05, 0) is 60.4 Å². The van der Waals surface area contributed by atoms with Crippen LogP contribution < -0.4 is 4.74 Å². The molecular formula is C27H19N3O2. The molecule has 0 N–H and O–H groups in total. The Hall–Kier alpha value is -4.17. The van der Waals surface area contributed by atoms with Gasteiger partial charge in [0.1, 0.15) is 17.4 Å². The molecule has 5 heteroatoms. The van der Waals surface area contributed by atoms with E-state index in [1.807, 2.05) is 25.1 Å². The summed E-state index contributed by atoms with van der Waals surface area (Å²) < 4.78 is 11.5. The summed E-state index contributed by atoms with van der Waals surface area (Å²) >= 11 is 0. The lowest BCUT2D eigenvalue weighted by Gasteiger charge is -2.23. The number of furan rings is 1. The summed E-state index contributed by atoms with van der Waals surface area (Å²) in [7, 11) is 0. The van der Waals surface area contributed by atoms with Crippen LogP contribution in [0.3, 0.4) is 0 Å². The number of rotatable bonds is 3. The fourth-order valence-corrected chi connectivity index (χ4v) is 4.71. The van der Waals surface area contributed by atoms with Gasteiger partial charge < -0.3 is 9.15 Å². The molecule has 0 amide bonds. The highest BCUT2D eigenvalue weighted by Crippen LogP contribution is 2.43. The van der Waals surface area contributed by atoms with E-state index in [0.717, 1.165) is 57.2 Å². The van der Waals surface area contributed by atoms with Gasteiger partial charge in [-0.3, -0.25) is 4.98 Å². The molecule has 5 aromatic rings. The van der Waals surface area contributed by atoms with Crippen molar-refractivity contribution in [2.75, 3.05) is 6.61 Å². The molecule has 2 aromatic carbocycles. The molecule has 0 saturated carbocycles. The molecule has 1 aliphatic rings. The third kappa shape index (κ3) is 2.70. The van der Waals surface area contributed by atoms with Gasteiger partial charge in [-0.25, -0.2) is 4.98 Å². The van der Waals surface area contributed by atoms with E-state index in [1.165, 1.54) is 5.39 Å². The molecule has 0 unspecified atom stereocenters. The Bertz CT molecular complexity index is 1550. The van der Waals surface area contributed by atoms with Gasteiger partial charge >= 0.3 is 0 Å². The summed E-state index contributed by atoms with van der Waals surface area (Å²) in [6.07, 6.45) is 3.14. The summed E-state index contributed by atoms with van der Waals surface area (Å²) in [5.74, 6) is 0.995. The van der Waals surface area contributed by atoms with E-state index in [4.69, 9.17) is 19.1 Å². The van der Waals surface area contributed by atoms with E-state index in [0.29, 0.717) is 23.8 Å². The fraction of sp³-hybridized carbons (Fsp3) is 0.148. The van der Waals surface area contributed by atoms with Crippen LogP contribution in [0.2, 0.25) is 0 Å². The van der Waals surface area contributed by atoms with E-state index >= 15 is 0 Å². The van der Waals surface area contributed by atoms with E-state index in [2.05, 4.69) is 42.5 Å². The van der Waals surface area contributed by atoms with Crippen LogP contribution in [0.4, 0.5) is 0 Å². The highest BCUT2D eigenvalue weighted by molar-refractivity contribution is 6.07. The maximum absolute atomic E-state index is 9.96. The molecule has 32 heavy (non-hydrogen) atoms. The lowest BCUT2D eigenvalue weighted by molar-refractivity contribution is 0.326. The quantitative estimate of drug-likeness (QED) is 0.333. The second-order valence-corrected chi connectivity index (χ2v) is 7.85. The van der Waals surface area contributed by atoms with Gasteiger partial charge in [-0.15, -0.1) is 0 Å². The van der Waals surface area contributed by atoms with Crippen molar-refractivity contribution in [2.24, 2.45) is 0 Å². The SMILES string of the molecule is CCOc1nc2c(c(-c3ccco3)c1C#N)CCc1nc3ccc4ccccc4c3cc1-2. The topological polar surface area (TPSA) is 71.9 Å². The number of benzene rings is 2. The molecule has 1 aliphatic carbocycles. The minimum absolute atomic E-state index is 0.339. The molecule has 6 rings (SSSR count). The predicted octanol–water partition coefficient (Wildman–Crippen LogP) is 6.08. The zero-order valence-electron chi connectivity index (χ0n) is 17.6. The van der Waals surface area contributed by atoms with Crippen LogP contribution in [0, 0.1) is 11.3 Å². The Morgan fingerprint density at radius 2 is 1.94 bits per heavy atom. The number of hydrogen-bond donors (Lipinski definition) is 0. The third-order valence-electron chi connectivity index (χ3n) is 6.09. The van der Waals surface area contributed by atoms with Crippen molar-refractivity contribution in [1.82, 2.24) is 9.97 Å². The van der Waals surface area contributed by atoms with Gasteiger partial charge in [0.25, 0.3) is 0 Å². The minimum atomic E-state index is 0.339. The second-order valence-electron chi connectivity index (χ2n) is 7.85. The average Bonchev–Trinajstić information content (AvgIpc) is 3.36. The molecule has 0 fully saturated rings. The lowest BCUT2D eigenvalue weighted by Crippen LogP contribution is -2.12. The number of pyridine rings is 2. The van der Waals surface area contributed by atoms with Crippen molar-refractivity contribution < 1.29 is 9.15 Å². The number of ether oxygens (including phenoxy) is 1. The molecule has 0 radical (unpaired) electrons. The average molecular weight is 417 g/mol. The zero-order chi connectivity index (χ0) is 21.7. The number of fused-ring (bicyclic) bond motifs is 6. The smallest absolute Gasteiger partial charge is 0.233 e. The molecular weight excluding hydrogens is 398 g/mol. The van der Waals surface area contributed by atoms with Crippen molar-refractivity contribution >= 4 is 21.7 Å². The summed E-state index contributed by atoms with van der Waals surface area (Å²) in [6, 6.07) is 20.8. The van der Waals surface area contributed by atoms with E-state index in [9.17, 15) is 5.26 Å². The van der Waals surface area contributed by atoms with E-state index < -0.39 is 0 Å². The molecule has 154 valence electrons. The largest absolute Gasteiger partial charge is 0.477 e. The number of aryl methyl sites for hydroxylation is 1. The molecule has 0 saturated heterocycles. The first kappa shape index (κ1) is 18.6. The predicted molar refractivity (Wildman–Crippen MR) is 123 cm³/mol. The van der Waals surface area contributed by atoms with Crippen LogP contribution in [-0.2, 0) is 12.8 Å². The highest BCUT2D eigenvalue weighted by Gasteiger charge is 2.29. The molecule has 5 nitrogen and oxygen atoms in total. The van der Waals surface area contributed by atoms with Crippen molar-refractivity contribution in [3.05, 3.63) is 77.7 Å². The third-order valence-corrected chi connectivity index (χ3v) is 6.09. The normalized spacial score (nSPS) is 12.4.